The number of anilines is 2. The number of hydrogen-bond donors (Lipinski definition) is 2. The molecule has 2 N–H and O–H groups in total. The molecule has 0 spiro atoms. The number of rotatable bonds is 5. The van der Waals surface area contributed by atoms with Crippen molar-refractivity contribution in [3.63, 3.8) is 0 Å². The van der Waals surface area contributed by atoms with Gasteiger partial charge in [0.1, 0.15) is 5.82 Å². The molecule has 1 fully saturated rings. The Balaban J connectivity index is 0.00000243. The maximum atomic E-state index is 12.1. The fraction of sp³-hybridized carbons (Fsp3) is 0.294. The van der Waals surface area contributed by atoms with Crippen molar-refractivity contribution >= 4 is 35.5 Å². The van der Waals surface area contributed by atoms with Crippen LogP contribution >= 0.6 is 12.4 Å². The number of carbonyl (C=O) groups is 1. The van der Waals surface area contributed by atoms with Crippen LogP contribution in [0.2, 0.25) is 0 Å². The number of benzene rings is 1. The van der Waals surface area contributed by atoms with Gasteiger partial charge in [-0.05, 0) is 17.7 Å². The van der Waals surface area contributed by atoms with Gasteiger partial charge in [0.05, 0.1) is 23.2 Å². The Labute approximate surface area is 157 Å². The zero-order valence-electron chi connectivity index (χ0n) is 14.1. The summed E-state index contributed by atoms with van der Waals surface area (Å²) in [4.78, 5) is 28.9. The van der Waals surface area contributed by atoms with Crippen LogP contribution in [0.15, 0.2) is 42.6 Å². The van der Waals surface area contributed by atoms with Crippen LogP contribution in [0.4, 0.5) is 17.2 Å². The summed E-state index contributed by atoms with van der Waals surface area (Å²) in [6, 6.07) is 9.76. The van der Waals surface area contributed by atoms with Crippen LogP contribution in [0, 0.1) is 10.1 Å². The van der Waals surface area contributed by atoms with E-state index in [0.29, 0.717) is 11.4 Å². The molecule has 2 aromatic rings. The fourth-order valence-corrected chi connectivity index (χ4v) is 2.72. The SMILES string of the molecule is Cl.O=C(Cc1cccc([N+](=O)[O-])c1)Nc1ccc(N2CCNCC2)cn1. The van der Waals surface area contributed by atoms with Gasteiger partial charge in [0.2, 0.25) is 5.91 Å². The van der Waals surface area contributed by atoms with E-state index >= 15 is 0 Å². The topological polar surface area (TPSA) is 100 Å². The average Bonchev–Trinajstić information content (AvgIpc) is 2.63. The molecule has 0 unspecified atom stereocenters. The maximum absolute atomic E-state index is 12.1. The van der Waals surface area contributed by atoms with E-state index < -0.39 is 4.92 Å². The molecule has 8 nitrogen and oxygen atoms in total. The first-order chi connectivity index (χ1) is 12.1. The third-order valence-electron chi connectivity index (χ3n) is 3.98. The molecule has 26 heavy (non-hydrogen) atoms. The van der Waals surface area contributed by atoms with E-state index in [9.17, 15) is 14.9 Å². The van der Waals surface area contributed by atoms with Gasteiger partial charge in [0, 0.05) is 38.3 Å². The van der Waals surface area contributed by atoms with Crippen LogP contribution in [0.3, 0.4) is 0 Å². The van der Waals surface area contributed by atoms with Gasteiger partial charge in [-0.15, -0.1) is 12.4 Å². The second-order valence-corrected chi connectivity index (χ2v) is 5.79. The van der Waals surface area contributed by atoms with Crippen molar-refractivity contribution in [1.29, 1.82) is 0 Å². The highest BCUT2D eigenvalue weighted by atomic mass is 35.5. The van der Waals surface area contributed by atoms with Gasteiger partial charge in [0.15, 0.2) is 0 Å². The van der Waals surface area contributed by atoms with Crippen molar-refractivity contribution in [2.24, 2.45) is 0 Å². The highest BCUT2D eigenvalue weighted by molar-refractivity contribution is 5.91. The molecule has 0 saturated carbocycles. The number of pyridine rings is 1. The summed E-state index contributed by atoms with van der Waals surface area (Å²) < 4.78 is 0. The van der Waals surface area contributed by atoms with E-state index in [0.717, 1.165) is 31.9 Å². The van der Waals surface area contributed by atoms with E-state index in [2.05, 4.69) is 20.5 Å². The fourth-order valence-electron chi connectivity index (χ4n) is 2.72. The van der Waals surface area contributed by atoms with E-state index in [1.54, 1.807) is 24.4 Å². The molecule has 0 bridgehead atoms. The predicted octanol–water partition coefficient (Wildman–Crippen LogP) is 2.00. The summed E-state index contributed by atoms with van der Waals surface area (Å²) in [5, 5.41) is 16.8. The summed E-state index contributed by atoms with van der Waals surface area (Å²) in [6.45, 7) is 3.75. The highest BCUT2D eigenvalue weighted by Gasteiger charge is 2.12. The van der Waals surface area contributed by atoms with Gasteiger partial charge in [0.25, 0.3) is 5.69 Å². The van der Waals surface area contributed by atoms with Crippen LogP contribution < -0.4 is 15.5 Å². The second kappa shape index (κ2) is 9.12. The molecule has 1 aromatic heterocycles. The lowest BCUT2D eigenvalue weighted by Crippen LogP contribution is -2.43. The summed E-state index contributed by atoms with van der Waals surface area (Å²) in [6.07, 6.45) is 1.80. The van der Waals surface area contributed by atoms with Gasteiger partial charge >= 0.3 is 0 Å². The lowest BCUT2D eigenvalue weighted by atomic mass is 10.1. The van der Waals surface area contributed by atoms with Crippen molar-refractivity contribution < 1.29 is 9.72 Å². The zero-order valence-corrected chi connectivity index (χ0v) is 14.9. The molecule has 138 valence electrons. The lowest BCUT2D eigenvalue weighted by Gasteiger charge is -2.29. The summed E-state index contributed by atoms with van der Waals surface area (Å²) >= 11 is 0. The first kappa shape index (κ1) is 19.6. The predicted molar refractivity (Wildman–Crippen MR) is 102 cm³/mol. The molecule has 0 atom stereocenters. The third kappa shape index (κ3) is 5.14. The van der Waals surface area contributed by atoms with Crippen molar-refractivity contribution in [3.05, 3.63) is 58.3 Å². The van der Waals surface area contributed by atoms with Crippen LogP contribution in [0.5, 0.6) is 0 Å². The number of carbonyl (C=O) groups excluding carboxylic acids is 1. The number of halogens is 1. The smallest absolute Gasteiger partial charge is 0.269 e. The van der Waals surface area contributed by atoms with Gasteiger partial charge in [-0.1, -0.05) is 12.1 Å². The van der Waals surface area contributed by atoms with Crippen molar-refractivity contribution in [3.8, 4) is 0 Å². The Morgan fingerprint density at radius 2 is 2.04 bits per heavy atom. The largest absolute Gasteiger partial charge is 0.368 e. The number of non-ortho nitro benzene ring substituents is 1. The number of nitrogens with one attached hydrogen (secondary N) is 2. The standard InChI is InChI=1S/C17H19N5O3.ClH/c23-17(11-13-2-1-3-14(10-13)22(24)25)20-16-5-4-15(12-19-16)21-8-6-18-7-9-21;/h1-5,10,12,18H,6-9,11H2,(H,19,20,23);1H. The molecule has 0 aliphatic carbocycles. The Kier molecular flexibility index (Phi) is 6.88. The number of amides is 1. The monoisotopic (exact) mass is 377 g/mol. The normalized spacial score (nSPS) is 13.6. The molecule has 3 rings (SSSR count). The minimum absolute atomic E-state index is 0. The quantitative estimate of drug-likeness (QED) is 0.610. The number of piperazine rings is 1. The highest BCUT2D eigenvalue weighted by Crippen LogP contribution is 2.17. The van der Waals surface area contributed by atoms with Gasteiger partial charge in [-0.2, -0.15) is 0 Å². The van der Waals surface area contributed by atoms with E-state index in [1.807, 2.05) is 6.07 Å². The van der Waals surface area contributed by atoms with Crippen molar-refractivity contribution in [2.45, 2.75) is 6.42 Å². The summed E-state index contributed by atoms with van der Waals surface area (Å²) in [7, 11) is 0. The van der Waals surface area contributed by atoms with E-state index in [4.69, 9.17) is 0 Å². The molecule has 2 heterocycles. The Bertz CT molecular complexity index is 763. The minimum atomic E-state index is -0.474. The third-order valence-corrected chi connectivity index (χ3v) is 3.98. The van der Waals surface area contributed by atoms with Gasteiger partial charge < -0.3 is 15.5 Å². The number of nitrogens with zero attached hydrogens (tertiary/aromatic N) is 3. The van der Waals surface area contributed by atoms with Crippen LogP contribution in [0.25, 0.3) is 0 Å². The number of hydrogen-bond acceptors (Lipinski definition) is 6. The molecule has 1 aliphatic heterocycles. The Morgan fingerprint density at radius 1 is 1.27 bits per heavy atom. The van der Waals surface area contributed by atoms with Crippen LogP contribution in [-0.2, 0) is 11.2 Å². The number of aromatic nitrogens is 1. The molecule has 9 heteroatoms. The number of nitro benzene ring substituents is 1. The first-order valence-electron chi connectivity index (χ1n) is 8.07. The van der Waals surface area contributed by atoms with Gasteiger partial charge in [-0.25, -0.2) is 4.98 Å². The molecule has 1 amide bonds. The minimum Gasteiger partial charge on any atom is -0.368 e. The molecule has 1 aromatic carbocycles. The molecule has 1 aliphatic rings. The maximum Gasteiger partial charge on any atom is 0.269 e. The molecular weight excluding hydrogens is 358 g/mol. The molecular formula is C17H20ClN5O3. The average molecular weight is 378 g/mol. The van der Waals surface area contributed by atoms with E-state index in [-0.39, 0.29) is 30.4 Å². The van der Waals surface area contributed by atoms with Crippen LogP contribution in [-0.4, -0.2) is 42.0 Å². The summed E-state index contributed by atoms with van der Waals surface area (Å²) in [5.74, 6) is 0.206. The van der Waals surface area contributed by atoms with E-state index in [1.165, 1.54) is 12.1 Å². The first-order valence-corrected chi connectivity index (χ1v) is 8.07. The van der Waals surface area contributed by atoms with Gasteiger partial charge in [-0.3, -0.25) is 14.9 Å². The van der Waals surface area contributed by atoms with Crippen molar-refractivity contribution in [1.82, 2.24) is 10.3 Å². The van der Waals surface area contributed by atoms with Crippen LogP contribution in [0.1, 0.15) is 5.56 Å². The lowest BCUT2D eigenvalue weighted by molar-refractivity contribution is -0.384. The molecule has 1 saturated heterocycles. The summed E-state index contributed by atoms with van der Waals surface area (Å²) in [5.41, 5.74) is 1.59. The Hall–Kier alpha value is -2.71. The van der Waals surface area contributed by atoms with Crippen molar-refractivity contribution in [2.75, 3.05) is 36.4 Å². The molecule has 0 radical (unpaired) electrons. The number of nitro groups is 1. The Morgan fingerprint density at radius 3 is 2.69 bits per heavy atom. The zero-order chi connectivity index (χ0) is 17.6. The second-order valence-electron chi connectivity index (χ2n) is 5.79.